The molecule has 0 aliphatic carbocycles. The van der Waals surface area contributed by atoms with Crippen LogP contribution in [-0.2, 0) is 0 Å². The molecule has 0 fully saturated rings. The number of aromatic nitrogens is 2. The first kappa shape index (κ1) is 21.1. The molecule has 1 heterocycles. The Bertz CT molecular complexity index is 1270. The van der Waals surface area contributed by atoms with Crippen molar-refractivity contribution in [2.45, 2.75) is 0 Å². The summed E-state index contributed by atoms with van der Waals surface area (Å²) in [6, 6.07) is 17.9. The summed E-state index contributed by atoms with van der Waals surface area (Å²) in [5.41, 5.74) is 3.40. The van der Waals surface area contributed by atoms with Crippen LogP contribution in [0.15, 0.2) is 60.7 Å². The van der Waals surface area contributed by atoms with E-state index in [0.29, 0.717) is 27.3 Å². The molecule has 0 radical (unpaired) electrons. The number of carbonyl (C=O) groups is 1. The molecule has 3 aromatic carbocycles. The van der Waals surface area contributed by atoms with Gasteiger partial charge in [-0.05, 0) is 60.7 Å². The maximum atomic E-state index is 12.6. The number of nitrogens with zero attached hydrogens (tertiary/aromatic N) is 1. The second kappa shape index (κ2) is 8.93. The van der Waals surface area contributed by atoms with E-state index in [-0.39, 0.29) is 10.7 Å². The topological polar surface area (TPSA) is 79.0 Å². The van der Waals surface area contributed by atoms with Gasteiger partial charge >= 0.3 is 0 Å². The van der Waals surface area contributed by atoms with Crippen molar-refractivity contribution in [3.05, 3.63) is 76.3 Å². The van der Waals surface area contributed by atoms with E-state index < -0.39 is 5.91 Å². The smallest absolute Gasteiger partial charge is 0.261 e. The number of H-pyrrole nitrogens is 1. The fourth-order valence-electron chi connectivity index (χ4n) is 3.04. The van der Waals surface area contributed by atoms with Crippen molar-refractivity contribution in [2.75, 3.05) is 12.4 Å². The number of halogens is 2. The van der Waals surface area contributed by atoms with Crippen molar-refractivity contribution >= 4 is 63.2 Å². The fraction of sp³-hybridized carbons (Fsp3) is 0.0455. The summed E-state index contributed by atoms with van der Waals surface area (Å²) < 4.78 is 5.22. The first-order valence-electron chi connectivity index (χ1n) is 9.15. The monoisotopic (exact) mass is 470 g/mol. The molecular weight excluding hydrogens is 455 g/mol. The predicted molar refractivity (Wildman–Crippen MR) is 128 cm³/mol. The number of methoxy groups -OCH3 is 1. The van der Waals surface area contributed by atoms with Crippen LogP contribution in [0.3, 0.4) is 0 Å². The maximum Gasteiger partial charge on any atom is 0.261 e. The van der Waals surface area contributed by atoms with Crippen LogP contribution >= 0.6 is 35.4 Å². The summed E-state index contributed by atoms with van der Waals surface area (Å²) in [6.07, 6.45) is 0. The van der Waals surface area contributed by atoms with Crippen molar-refractivity contribution in [3.8, 4) is 17.1 Å². The summed E-state index contributed by atoms with van der Waals surface area (Å²) in [5, 5.41) is 6.50. The van der Waals surface area contributed by atoms with E-state index in [1.807, 2.05) is 30.3 Å². The average Bonchev–Trinajstić information content (AvgIpc) is 3.19. The van der Waals surface area contributed by atoms with Gasteiger partial charge in [0.15, 0.2) is 5.11 Å². The molecule has 0 unspecified atom stereocenters. The number of ether oxygens (including phenoxy) is 1. The van der Waals surface area contributed by atoms with Crippen LogP contribution < -0.4 is 15.4 Å². The number of imidazole rings is 1. The normalized spacial score (nSPS) is 10.7. The van der Waals surface area contributed by atoms with Crippen molar-refractivity contribution in [3.63, 3.8) is 0 Å². The van der Waals surface area contributed by atoms with Crippen LogP contribution in [0.1, 0.15) is 10.4 Å². The van der Waals surface area contributed by atoms with E-state index in [1.165, 1.54) is 13.2 Å². The molecule has 156 valence electrons. The minimum atomic E-state index is -0.457. The molecular formula is C22H16Cl2N4O2S. The lowest BCUT2D eigenvalue weighted by molar-refractivity contribution is 0.0975. The molecule has 1 aromatic heterocycles. The van der Waals surface area contributed by atoms with E-state index in [9.17, 15) is 4.79 Å². The van der Waals surface area contributed by atoms with Gasteiger partial charge in [-0.25, -0.2) is 4.98 Å². The van der Waals surface area contributed by atoms with Crippen LogP contribution in [0.4, 0.5) is 5.69 Å². The molecule has 4 rings (SSSR count). The Balaban J connectivity index is 1.54. The van der Waals surface area contributed by atoms with Gasteiger partial charge in [-0.3, -0.25) is 10.1 Å². The first-order chi connectivity index (χ1) is 14.9. The van der Waals surface area contributed by atoms with Crippen LogP contribution in [0, 0.1) is 0 Å². The number of fused-ring (bicyclic) bond motifs is 1. The van der Waals surface area contributed by atoms with Gasteiger partial charge in [-0.15, -0.1) is 0 Å². The van der Waals surface area contributed by atoms with E-state index >= 15 is 0 Å². The van der Waals surface area contributed by atoms with Gasteiger partial charge < -0.3 is 15.0 Å². The highest BCUT2D eigenvalue weighted by Crippen LogP contribution is 2.29. The lowest BCUT2D eigenvalue weighted by atomic mass is 10.2. The number of para-hydroxylation sites is 2. The van der Waals surface area contributed by atoms with Crippen molar-refractivity contribution in [1.82, 2.24) is 15.3 Å². The number of benzene rings is 3. The molecule has 0 saturated carbocycles. The quantitative estimate of drug-likeness (QED) is 0.334. The van der Waals surface area contributed by atoms with Gasteiger partial charge in [0.05, 0.1) is 34.4 Å². The Hall–Kier alpha value is -3.13. The van der Waals surface area contributed by atoms with Crippen LogP contribution in [0.25, 0.3) is 22.4 Å². The number of thiocarbonyl (C=S) groups is 1. The third kappa shape index (κ3) is 4.64. The third-order valence-electron chi connectivity index (χ3n) is 4.51. The Morgan fingerprint density at radius 1 is 1.10 bits per heavy atom. The summed E-state index contributed by atoms with van der Waals surface area (Å²) in [4.78, 5) is 20.5. The van der Waals surface area contributed by atoms with Crippen molar-refractivity contribution in [1.29, 1.82) is 0 Å². The van der Waals surface area contributed by atoms with Crippen LogP contribution in [-0.4, -0.2) is 28.1 Å². The van der Waals surface area contributed by atoms with Gasteiger partial charge in [0.1, 0.15) is 11.6 Å². The number of rotatable bonds is 4. The lowest BCUT2D eigenvalue weighted by Gasteiger charge is -2.13. The lowest BCUT2D eigenvalue weighted by Crippen LogP contribution is -2.34. The number of carbonyl (C=O) groups excluding carboxylic acids is 1. The van der Waals surface area contributed by atoms with E-state index in [0.717, 1.165) is 16.6 Å². The second-order valence-corrected chi connectivity index (χ2v) is 7.80. The number of anilines is 1. The Morgan fingerprint density at radius 2 is 1.90 bits per heavy atom. The summed E-state index contributed by atoms with van der Waals surface area (Å²) in [6.45, 7) is 0. The van der Waals surface area contributed by atoms with Gasteiger partial charge in [-0.1, -0.05) is 35.3 Å². The number of amides is 1. The highest BCUT2D eigenvalue weighted by Gasteiger charge is 2.15. The first-order valence-corrected chi connectivity index (χ1v) is 10.3. The molecule has 0 spiro atoms. The average molecular weight is 471 g/mol. The predicted octanol–water partition coefficient (Wildman–Crippen LogP) is 5.67. The van der Waals surface area contributed by atoms with Gasteiger partial charge in [0.2, 0.25) is 0 Å². The number of hydrogen-bond donors (Lipinski definition) is 3. The summed E-state index contributed by atoms with van der Waals surface area (Å²) in [7, 11) is 1.47. The zero-order chi connectivity index (χ0) is 22.0. The maximum absolute atomic E-state index is 12.6. The Kier molecular flexibility index (Phi) is 6.08. The molecule has 0 bridgehead atoms. The molecule has 3 N–H and O–H groups in total. The molecule has 1 amide bonds. The van der Waals surface area contributed by atoms with E-state index in [1.54, 1.807) is 24.3 Å². The zero-order valence-electron chi connectivity index (χ0n) is 16.2. The molecule has 31 heavy (non-hydrogen) atoms. The molecule has 9 heteroatoms. The Labute approximate surface area is 193 Å². The standard InChI is InChI=1S/C22H16Cl2N4O2S/c1-30-19-9-7-13(23)11-14(19)21(29)28-22(31)27-18-10-12(6-8-15(18)24)20-25-16-4-2-3-5-17(16)26-20/h2-11H,1H3,(H,25,26)(H2,27,28,29,31). The molecule has 4 aromatic rings. The van der Waals surface area contributed by atoms with E-state index in [4.69, 9.17) is 40.2 Å². The highest BCUT2D eigenvalue weighted by atomic mass is 35.5. The fourth-order valence-corrected chi connectivity index (χ4v) is 3.58. The van der Waals surface area contributed by atoms with Crippen molar-refractivity contribution < 1.29 is 9.53 Å². The van der Waals surface area contributed by atoms with E-state index in [2.05, 4.69) is 20.6 Å². The molecule has 0 aliphatic rings. The van der Waals surface area contributed by atoms with Gasteiger partial charge in [0.25, 0.3) is 5.91 Å². The number of aromatic amines is 1. The molecule has 0 aliphatic heterocycles. The third-order valence-corrected chi connectivity index (χ3v) is 5.28. The molecule has 6 nitrogen and oxygen atoms in total. The summed E-state index contributed by atoms with van der Waals surface area (Å²) >= 11 is 17.6. The Morgan fingerprint density at radius 3 is 2.68 bits per heavy atom. The minimum Gasteiger partial charge on any atom is -0.496 e. The molecule has 0 saturated heterocycles. The number of hydrogen-bond acceptors (Lipinski definition) is 4. The molecule has 0 atom stereocenters. The van der Waals surface area contributed by atoms with Gasteiger partial charge in [-0.2, -0.15) is 0 Å². The minimum absolute atomic E-state index is 0.0793. The SMILES string of the molecule is COc1ccc(Cl)cc1C(=O)NC(=S)Nc1cc(-c2nc3ccccc3[nH]2)ccc1Cl. The van der Waals surface area contributed by atoms with Crippen molar-refractivity contribution in [2.24, 2.45) is 0 Å². The van der Waals surface area contributed by atoms with Crippen LogP contribution in [0.5, 0.6) is 5.75 Å². The largest absolute Gasteiger partial charge is 0.496 e. The van der Waals surface area contributed by atoms with Crippen LogP contribution in [0.2, 0.25) is 10.0 Å². The second-order valence-electron chi connectivity index (χ2n) is 6.55. The zero-order valence-corrected chi connectivity index (χ0v) is 18.5. The number of nitrogens with one attached hydrogen (secondary N) is 3. The summed E-state index contributed by atoms with van der Waals surface area (Å²) in [5.74, 6) is 0.621. The highest BCUT2D eigenvalue weighted by molar-refractivity contribution is 7.80. The van der Waals surface area contributed by atoms with Gasteiger partial charge in [0, 0.05) is 10.6 Å².